The minimum Gasteiger partial charge on any atom is -0.338 e. The van der Waals surface area contributed by atoms with Crippen LogP contribution in [-0.2, 0) is 10.0 Å². The zero-order valence-corrected chi connectivity index (χ0v) is 14.0. The maximum Gasteiger partial charge on any atom is 0.254 e. The van der Waals surface area contributed by atoms with E-state index in [4.69, 9.17) is 0 Å². The Morgan fingerprint density at radius 2 is 2.14 bits per heavy atom. The molecule has 1 spiro atoms. The highest BCUT2D eigenvalue weighted by Crippen LogP contribution is 2.49. The Morgan fingerprint density at radius 3 is 2.77 bits per heavy atom. The summed E-state index contributed by atoms with van der Waals surface area (Å²) in [5, 5.41) is 3.66. The van der Waals surface area contributed by atoms with Crippen molar-refractivity contribution in [3.8, 4) is 0 Å². The van der Waals surface area contributed by atoms with Gasteiger partial charge in [0.1, 0.15) is 0 Å². The van der Waals surface area contributed by atoms with Crippen molar-refractivity contribution in [2.75, 3.05) is 13.1 Å². The molecule has 120 valence electrons. The van der Waals surface area contributed by atoms with Gasteiger partial charge in [-0.3, -0.25) is 4.79 Å². The molecule has 1 aliphatic heterocycles. The van der Waals surface area contributed by atoms with Gasteiger partial charge >= 0.3 is 0 Å². The van der Waals surface area contributed by atoms with E-state index in [1.165, 1.54) is 11.3 Å². The van der Waals surface area contributed by atoms with Crippen LogP contribution in [0.3, 0.4) is 0 Å². The summed E-state index contributed by atoms with van der Waals surface area (Å²) in [6.07, 6.45) is 4.33. The molecule has 1 aromatic rings. The summed E-state index contributed by atoms with van der Waals surface area (Å²) in [5.74, 6) is 0.111. The van der Waals surface area contributed by atoms with E-state index in [0.717, 1.165) is 50.8 Å². The maximum atomic E-state index is 12.4. The monoisotopic (exact) mass is 340 g/mol. The molecule has 22 heavy (non-hydrogen) atoms. The summed E-state index contributed by atoms with van der Waals surface area (Å²) in [5.41, 5.74) is 0.912. The van der Waals surface area contributed by atoms with Gasteiger partial charge in [0, 0.05) is 24.5 Å². The van der Waals surface area contributed by atoms with Crippen LogP contribution in [0, 0.1) is 5.41 Å². The van der Waals surface area contributed by atoms with E-state index in [0.29, 0.717) is 0 Å². The highest BCUT2D eigenvalue weighted by atomic mass is 32.2. The fourth-order valence-corrected chi connectivity index (χ4v) is 6.00. The molecule has 3 aliphatic rings. The predicted molar refractivity (Wildman–Crippen MR) is 85.4 cm³/mol. The van der Waals surface area contributed by atoms with Crippen molar-refractivity contribution >= 4 is 27.3 Å². The van der Waals surface area contributed by atoms with Crippen LogP contribution in [0.5, 0.6) is 0 Å². The van der Waals surface area contributed by atoms with Gasteiger partial charge in [0.15, 0.2) is 0 Å². The summed E-state index contributed by atoms with van der Waals surface area (Å²) in [7, 11) is -3.09. The number of likely N-dealkylation sites (tertiary alicyclic amines) is 1. The second kappa shape index (κ2) is 5.04. The molecule has 1 saturated heterocycles. The molecule has 2 aliphatic carbocycles. The lowest BCUT2D eigenvalue weighted by Crippen LogP contribution is -2.52. The predicted octanol–water partition coefficient (Wildman–Crippen LogP) is 1.82. The smallest absolute Gasteiger partial charge is 0.254 e. The van der Waals surface area contributed by atoms with Crippen molar-refractivity contribution in [2.24, 2.45) is 5.41 Å². The summed E-state index contributed by atoms with van der Waals surface area (Å²) < 4.78 is 26.8. The number of amides is 1. The fraction of sp³-hybridized carbons (Fsp3) is 0.667. The summed E-state index contributed by atoms with van der Waals surface area (Å²) >= 11 is 1.54. The molecular formula is C15H20N2O3S2. The van der Waals surface area contributed by atoms with Crippen molar-refractivity contribution < 1.29 is 13.2 Å². The molecule has 0 aromatic carbocycles. The standard InChI is InChI=1S/C15H20N2O3S2/c18-14(11-3-6-21-9-11)17-5-4-15(10-17)7-12(8-15)16-22(19,20)13-1-2-13/h3,6,9,12-13,16H,1-2,4-5,7-8,10H2. The van der Waals surface area contributed by atoms with Gasteiger partial charge in [-0.05, 0) is 49.0 Å². The van der Waals surface area contributed by atoms with Crippen molar-refractivity contribution in [3.63, 3.8) is 0 Å². The van der Waals surface area contributed by atoms with Gasteiger partial charge in [-0.25, -0.2) is 13.1 Å². The quantitative estimate of drug-likeness (QED) is 0.909. The Hall–Kier alpha value is -0.920. The van der Waals surface area contributed by atoms with Crippen molar-refractivity contribution in [1.29, 1.82) is 0 Å². The van der Waals surface area contributed by atoms with Gasteiger partial charge in [0.25, 0.3) is 5.91 Å². The lowest BCUT2D eigenvalue weighted by Gasteiger charge is -2.45. The number of carbonyl (C=O) groups excluding carboxylic acids is 1. The number of sulfonamides is 1. The van der Waals surface area contributed by atoms with Crippen LogP contribution in [0.4, 0.5) is 0 Å². The first-order valence-corrected chi connectivity index (χ1v) is 10.3. The van der Waals surface area contributed by atoms with Crippen LogP contribution < -0.4 is 4.72 Å². The Balaban J connectivity index is 1.33. The number of rotatable bonds is 4. The molecule has 2 saturated carbocycles. The molecule has 0 radical (unpaired) electrons. The SMILES string of the molecule is O=C(c1ccsc1)N1CCC2(CC(NS(=O)(=O)C3CC3)C2)C1. The molecule has 1 aromatic heterocycles. The molecule has 1 N–H and O–H groups in total. The third kappa shape index (κ3) is 2.59. The van der Waals surface area contributed by atoms with Crippen molar-refractivity contribution in [2.45, 2.75) is 43.4 Å². The Kier molecular flexibility index (Phi) is 3.36. The van der Waals surface area contributed by atoms with E-state index in [1.807, 2.05) is 21.7 Å². The highest BCUT2D eigenvalue weighted by molar-refractivity contribution is 7.90. The van der Waals surface area contributed by atoms with Crippen LogP contribution in [0.1, 0.15) is 42.5 Å². The normalized spacial score (nSPS) is 31.5. The van der Waals surface area contributed by atoms with E-state index in [9.17, 15) is 13.2 Å². The minimum atomic E-state index is -3.09. The maximum absolute atomic E-state index is 12.4. The molecule has 0 atom stereocenters. The molecule has 0 unspecified atom stereocenters. The largest absolute Gasteiger partial charge is 0.338 e. The van der Waals surface area contributed by atoms with Gasteiger partial charge in [0.05, 0.1) is 10.8 Å². The number of carbonyl (C=O) groups is 1. The number of nitrogens with zero attached hydrogens (tertiary/aromatic N) is 1. The third-order valence-electron chi connectivity index (χ3n) is 5.15. The first-order valence-electron chi connectivity index (χ1n) is 7.80. The van der Waals surface area contributed by atoms with Crippen LogP contribution in [0.25, 0.3) is 0 Å². The second-order valence-electron chi connectivity index (χ2n) is 6.96. The van der Waals surface area contributed by atoms with Crippen LogP contribution >= 0.6 is 11.3 Å². The molecule has 0 bridgehead atoms. The molecule has 7 heteroatoms. The van der Waals surface area contributed by atoms with Gasteiger partial charge in [-0.2, -0.15) is 11.3 Å². The molecular weight excluding hydrogens is 320 g/mol. The molecule has 2 heterocycles. The summed E-state index contributed by atoms with van der Waals surface area (Å²) in [6.45, 7) is 1.56. The van der Waals surface area contributed by atoms with Crippen LogP contribution in [-0.4, -0.2) is 43.6 Å². The second-order valence-corrected chi connectivity index (χ2v) is 9.73. The molecule has 4 rings (SSSR count). The van der Waals surface area contributed by atoms with Crippen LogP contribution in [0.2, 0.25) is 0 Å². The van der Waals surface area contributed by atoms with Crippen LogP contribution in [0.15, 0.2) is 16.8 Å². The van der Waals surface area contributed by atoms with E-state index in [2.05, 4.69) is 4.72 Å². The molecule has 5 nitrogen and oxygen atoms in total. The van der Waals surface area contributed by atoms with Gasteiger partial charge in [-0.15, -0.1) is 0 Å². The van der Waals surface area contributed by atoms with Crippen molar-refractivity contribution in [3.05, 3.63) is 22.4 Å². The van der Waals surface area contributed by atoms with E-state index >= 15 is 0 Å². The van der Waals surface area contributed by atoms with Gasteiger partial charge < -0.3 is 4.90 Å². The first-order chi connectivity index (χ1) is 10.5. The number of hydrogen-bond acceptors (Lipinski definition) is 4. The number of hydrogen-bond donors (Lipinski definition) is 1. The topological polar surface area (TPSA) is 66.5 Å². The van der Waals surface area contributed by atoms with E-state index in [1.54, 1.807) is 0 Å². The highest BCUT2D eigenvalue weighted by Gasteiger charge is 2.51. The summed E-state index contributed by atoms with van der Waals surface area (Å²) in [4.78, 5) is 14.3. The Bertz CT molecular complexity index is 674. The average molecular weight is 340 g/mol. The minimum absolute atomic E-state index is 0.0711. The first kappa shape index (κ1) is 14.7. The average Bonchev–Trinajstić information content (AvgIpc) is 3.00. The van der Waals surface area contributed by atoms with Gasteiger partial charge in [-0.1, -0.05) is 0 Å². The summed E-state index contributed by atoms with van der Waals surface area (Å²) in [6, 6.07) is 1.94. The lowest BCUT2D eigenvalue weighted by atomic mass is 9.65. The zero-order chi connectivity index (χ0) is 15.4. The molecule has 3 fully saturated rings. The van der Waals surface area contributed by atoms with E-state index in [-0.39, 0.29) is 22.6 Å². The molecule has 1 amide bonds. The number of thiophene rings is 1. The fourth-order valence-electron chi connectivity index (χ4n) is 3.79. The Morgan fingerprint density at radius 1 is 1.36 bits per heavy atom. The van der Waals surface area contributed by atoms with E-state index < -0.39 is 10.0 Å². The lowest BCUT2D eigenvalue weighted by molar-refractivity contribution is 0.0688. The van der Waals surface area contributed by atoms with Gasteiger partial charge in [0.2, 0.25) is 10.0 Å². The third-order valence-corrected chi connectivity index (χ3v) is 7.84. The zero-order valence-electron chi connectivity index (χ0n) is 12.3. The number of nitrogens with one attached hydrogen (secondary N) is 1. The Labute approximate surface area is 134 Å². The van der Waals surface area contributed by atoms with Crippen molar-refractivity contribution in [1.82, 2.24) is 9.62 Å².